The van der Waals surface area contributed by atoms with E-state index in [2.05, 4.69) is 39.6 Å². The molecule has 0 saturated carbocycles. The molecule has 2 aromatic carbocycles. The Kier molecular flexibility index (Phi) is 7.21. The molecule has 1 heterocycles. The van der Waals surface area contributed by atoms with E-state index >= 15 is 0 Å². The lowest BCUT2D eigenvalue weighted by Gasteiger charge is -2.23. The standard InChI is InChI=1S/C23H27N5O2/c1-3-16-28(4-2)19-12-10-18(11-13-19)22(29)26-21(17-8-6-5-7-9-17)23(30)25-20-14-15-24-27-20/h5-15,21H,3-4,16H2,1-2H3,(H,26,29)(H2,24,25,27,30). The molecule has 1 aromatic heterocycles. The summed E-state index contributed by atoms with van der Waals surface area (Å²) in [6.45, 7) is 6.12. The number of carbonyl (C=O) groups excluding carboxylic acids is 2. The molecule has 3 rings (SSSR count). The van der Waals surface area contributed by atoms with E-state index in [0.29, 0.717) is 16.9 Å². The first-order valence-electron chi connectivity index (χ1n) is 10.1. The molecule has 3 aromatic rings. The summed E-state index contributed by atoms with van der Waals surface area (Å²) in [5.41, 5.74) is 2.27. The molecular weight excluding hydrogens is 378 g/mol. The molecule has 0 aliphatic rings. The Morgan fingerprint density at radius 3 is 2.37 bits per heavy atom. The number of benzene rings is 2. The van der Waals surface area contributed by atoms with E-state index in [1.165, 1.54) is 0 Å². The summed E-state index contributed by atoms with van der Waals surface area (Å²) in [4.78, 5) is 28.0. The molecule has 7 nitrogen and oxygen atoms in total. The lowest BCUT2D eigenvalue weighted by atomic mass is 10.1. The SMILES string of the molecule is CCCN(CC)c1ccc(C(=O)NC(C(=O)Nc2ccn[nH]2)c2ccccc2)cc1. The molecule has 30 heavy (non-hydrogen) atoms. The Bertz CT molecular complexity index is 939. The molecule has 0 saturated heterocycles. The van der Waals surface area contributed by atoms with Crippen LogP contribution in [0.2, 0.25) is 0 Å². The molecule has 7 heteroatoms. The maximum absolute atomic E-state index is 12.9. The average molecular weight is 406 g/mol. The van der Waals surface area contributed by atoms with Gasteiger partial charge in [-0.1, -0.05) is 37.3 Å². The van der Waals surface area contributed by atoms with Crippen LogP contribution >= 0.6 is 0 Å². The number of nitrogens with one attached hydrogen (secondary N) is 3. The van der Waals surface area contributed by atoms with Crippen LogP contribution in [-0.2, 0) is 4.79 Å². The van der Waals surface area contributed by atoms with Crippen LogP contribution < -0.4 is 15.5 Å². The summed E-state index contributed by atoms with van der Waals surface area (Å²) >= 11 is 0. The van der Waals surface area contributed by atoms with Gasteiger partial charge in [0.25, 0.3) is 11.8 Å². The molecule has 0 aliphatic carbocycles. The summed E-state index contributed by atoms with van der Waals surface area (Å²) in [5, 5.41) is 12.1. The van der Waals surface area contributed by atoms with Crippen LogP contribution in [0.4, 0.5) is 11.5 Å². The molecule has 156 valence electrons. The lowest BCUT2D eigenvalue weighted by Crippen LogP contribution is -2.37. The van der Waals surface area contributed by atoms with Gasteiger partial charge < -0.3 is 15.5 Å². The lowest BCUT2D eigenvalue weighted by molar-refractivity contribution is -0.118. The van der Waals surface area contributed by atoms with Crippen LogP contribution in [0.3, 0.4) is 0 Å². The minimum Gasteiger partial charge on any atom is -0.372 e. The van der Waals surface area contributed by atoms with E-state index in [-0.39, 0.29) is 11.8 Å². The summed E-state index contributed by atoms with van der Waals surface area (Å²) in [6.07, 6.45) is 2.60. The van der Waals surface area contributed by atoms with E-state index in [0.717, 1.165) is 25.2 Å². The number of hydrogen-bond acceptors (Lipinski definition) is 4. The molecule has 0 spiro atoms. The molecular formula is C23H27N5O2. The van der Waals surface area contributed by atoms with E-state index in [1.807, 2.05) is 42.5 Å². The summed E-state index contributed by atoms with van der Waals surface area (Å²) in [6, 6.07) is 17.4. The van der Waals surface area contributed by atoms with Crippen molar-refractivity contribution in [2.75, 3.05) is 23.3 Å². The fourth-order valence-corrected chi connectivity index (χ4v) is 3.25. The van der Waals surface area contributed by atoms with Gasteiger partial charge >= 0.3 is 0 Å². The largest absolute Gasteiger partial charge is 0.372 e. The molecule has 2 amide bonds. The first-order valence-corrected chi connectivity index (χ1v) is 10.1. The van der Waals surface area contributed by atoms with Crippen molar-refractivity contribution in [3.8, 4) is 0 Å². The number of aromatic amines is 1. The molecule has 1 atom stereocenters. The van der Waals surface area contributed by atoms with Crippen molar-refractivity contribution >= 4 is 23.3 Å². The van der Waals surface area contributed by atoms with Gasteiger partial charge in [-0.2, -0.15) is 5.10 Å². The highest BCUT2D eigenvalue weighted by Gasteiger charge is 2.24. The second-order valence-electron chi connectivity index (χ2n) is 6.90. The zero-order valence-electron chi connectivity index (χ0n) is 17.3. The maximum Gasteiger partial charge on any atom is 0.252 e. The Morgan fingerprint density at radius 1 is 1.03 bits per heavy atom. The number of nitrogens with zero attached hydrogens (tertiary/aromatic N) is 2. The van der Waals surface area contributed by atoms with Crippen molar-refractivity contribution in [3.63, 3.8) is 0 Å². The van der Waals surface area contributed by atoms with Gasteiger partial charge in [-0.15, -0.1) is 0 Å². The van der Waals surface area contributed by atoms with E-state index < -0.39 is 6.04 Å². The highest BCUT2D eigenvalue weighted by molar-refractivity contribution is 6.01. The van der Waals surface area contributed by atoms with Crippen molar-refractivity contribution < 1.29 is 9.59 Å². The van der Waals surface area contributed by atoms with Gasteiger partial charge in [-0.3, -0.25) is 14.7 Å². The second kappa shape index (κ2) is 10.2. The monoisotopic (exact) mass is 405 g/mol. The number of rotatable bonds is 9. The zero-order valence-corrected chi connectivity index (χ0v) is 17.3. The molecule has 3 N–H and O–H groups in total. The third kappa shape index (κ3) is 5.26. The second-order valence-corrected chi connectivity index (χ2v) is 6.90. The molecule has 1 unspecified atom stereocenters. The van der Waals surface area contributed by atoms with E-state index in [1.54, 1.807) is 24.4 Å². The van der Waals surface area contributed by atoms with Gasteiger partial charge in [-0.25, -0.2) is 0 Å². The first-order chi connectivity index (χ1) is 14.6. The van der Waals surface area contributed by atoms with Gasteiger partial charge in [0.1, 0.15) is 11.9 Å². The highest BCUT2D eigenvalue weighted by atomic mass is 16.2. The van der Waals surface area contributed by atoms with Crippen molar-refractivity contribution in [3.05, 3.63) is 78.0 Å². The zero-order chi connectivity index (χ0) is 21.3. The summed E-state index contributed by atoms with van der Waals surface area (Å²) in [5.74, 6) is -0.195. The number of aromatic nitrogens is 2. The van der Waals surface area contributed by atoms with Crippen molar-refractivity contribution in [1.29, 1.82) is 0 Å². The number of hydrogen-bond donors (Lipinski definition) is 3. The van der Waals surface area contributed by atoms with Crippen LogP contribution in [0.15, 0.2) is 66.9 Å². The Labute approximate surface area is 176 Å². The van der Waals surface area contributed by atoms with Gasteiger partial charge in [0, 0.05) is 30.4 Å². The quantitative estimate of drug-likeness (QED) is 0.506. The summed E-state index contributed by atoms with van der Waals surface area (Å²) in [7, 11) is 0. The van der Waals surface area contributed by atoms with Crippen LogP contribution in [0, 0.1) is 0 Å². The summed E-state index contributed by atoms with van der Waals surface area (Å²) < 4.78 is 0. The van der Waals surface area contributed by atoms with E-state index in [4.69, 9.17) is 0 Å². The van der Waals surface area contributed by atoms with Gasteiger partial charge in [-0.05, 0) is 43.2 Å². The molecule has 0 bridgehead atoms. The third-order valence-corrected chi connectivity index (χ3v) is 4.80. The third-order valence-electron chi connectivity index (χ3n) is 4.80. The topological polar surface area (TPSA) is 90.1 Å². The first kappa shape index (κ1) is 21.1. The van der Waals surface area contributed by atoms with Crippen molar-refractivity contribution in [1.82, 2.24) is 15.5 Å². The number of H-pyrrole nitrogens is 1. The fourth-order valence-electron chi connectivity index (χ4n) is 3.25. The van der Waals surface area contributed by atoms with Gasteiger partial charge in [0.15, 0.2) is 0 Å². The predicted molar refractivity (Wildman–Crippen MR) is 118 cm³/mol. The van der Waals surface area contributed by atoms with Gasteiger partial charge in [0.05, 0.1) is 6.20 Å². The number of anilines is 2. The highest BCUT2D eigenvalue weighted by Crippen LogP contribution is 2.18. The maximum atomic E-state index is 12.9. The van der Waals surface area contributed by atoms with Crippen LogP contribution in [0.5, 0.6) is 0 Å². The molecule has 0 aliphatic heterocycles. The Hall–Kier alpha value is -3.61. The smallest absolute Gasteiger partial charge is 0.252 e. The minimum atomic E-state index is -0.839. The Balaban J connectivity index is 1.76. The van der Waals surface area contributed by atoms with Crippen LogP contribution in [0.25, 0.3) is 0 Å². The molecule has 0 radical (unpaired) electrons. The van der Waals surface area contributed by atoms with Crippen molar-refractivity contribution in [2.45, 2.75) is 26.3 Å². The van der Waals surface area contributed by atoms with E-state index in [9.17, 15) is 9.59 Å². The minimum absolute atomic E-state index is 0.311. The normalized spacial score (nSPS) is 11.5. The number of carbonyl (C=O) groups is 2. The Morgan fingerprint density at radius 2 is 1.77 bits per heavy atom. The van der Waals surface area contributed by atoms with Crippen LogP contribution in [0.1, 0.15) is 42.2 Å². The van der Waals surface area contributed by atoms with Gasteiger partial charge in [0.2, 0.25) is 0 Å². The van der Waals surface area contributed by atoms with Crippen LogP contribution in [-0.4, -0.2) is 35.1 Å². The number of amides is 2. The van der Waals surface area contributed by atoms with Crippen molar-refractivity contribution in [2.24, 2.45) is 0 Å². The fraction of sp³-hybridized carbons (Fsp3) is 0.261. The predicted octanol–water partition coefficient (Wildman–Crippen LogP) is 3.76. The average Bonchev–Trinajstić information content (AvgIpc) is 3.29. The molecule has 0 fully saturated rings.